The van der Waals surface area contributed by atoms with Crippen molar-refractivity contribution in [2.24, 2.45) is 5.10 Å². The summed E-state index contributed by atoms with van der Waals surface area (Å²) in [7, 11) is 1.64. The van der Waals surface area contributed by atoms with Gasteiger partial charge in [0.05, 0.1) is 24.2 Å². The predicted octanol–water partition coefficient (Wildman–Crippen LogP) is 1.35. The minimum atomic E-state index is 0.518. The molecule has 1 heterocycles. The van der Waals surface area contributed by atoms with Crippen LogP contribution in [-0.2, 0) is 4.74 Å². The first kappa shape index (κ1) is 10.3. The van der Waals surface area contributed by atoms with E-state index in [0.717, 1.165) is 11.4 Å². The summed E-state index contributed by atoms with van der Waals surface area (Å²) in [5.41, 5.74) is 1.79. The summed E-state index contributed by atoms with van der Waals surface area (Å²) in [5, 5.41) is 4.83. The normalized spacial score (nSPS) is 12.2. The molecule has 0 spiro atoms. The van der Waals surface area contributed by atoms with Gasteiger partial charge in [-0.1, -0.05) is 0 Å². The summed E-state index contributed by atoms with van der Waals surface area (Å²) in [5.74, 6) is 0. The lowest BCUT2D eigenvalue weighted by Gasteiger charge is -1.99. The summed E-state index contributed by atoms with van der Waals surface area (Å²) in [6.45, 7) is 4.31. The highest BCUT2D eigenvalue weighted by molar-refractivity contribution is 7.80. The van der Waals surface area contributed by atoms with Crippen LogP contribution in [-0.4, -0.2) is 29.1 Å². The first-order chi connectivity index (χ1) is 6.13. The van der Waals surface area contributed by atoms with Gasteiger partial charge in [-0.05, 0) is 13.8 Å². The van der Waals surface area contributed by atoms with Crippen molar-refractivity contribution in [1.29, 1.82) is 0 Å². The SMILES string of the molecule is COC/C(C)=N/n1cc(C)nc1S. The Hall–Kier alpha value is -0.810. The van der Waals surface area contributed by atoms with Crippen LogP contribution in [0.2, 0.25) is 0 Å². The fourth-order valence-corrected chi connectivity index (χ4v) is 1.23. The van der Waals surface area contributed by atoms with Gasteiger partial charge in [0, 0.05) is 7.11 Å². The zero-order chi connectivity index (χ0) is 9.84. The van der Waals surface area contributed by atoms with E-state index in [0.29, 0.717) is 11.8 Å². The van der Waals surface area contributed by atoms with Crippen molar-refractivity contribution < 1.29 is 4.74 Å². The Kier molecular flexibility index (Phi) is 3.50. The fourth-order valence-electron chi connectivity index (χ4n) is 0.968. The number of rotatable bonds is 3. The second kappa shape index (κ2) is 4.43. The van der Waals surface area contributed by atoms with Crippen LogP contribution >= 0.6 is 12.6 Å². The molecule has 0 radical (unpaired) electrons. The third-order valence-electron chi connectivity index (χ3n) is 1.42. The zero-order valence-electron chi connectivity index (χ0n) is 7.98. The van der Waals surface area contributed by atoms with E-state index in [1.807, 2.05) is 20.0 Å². The first-order valence-corrected chi connectivity index (χ1v) is 4.36. The molecule has 13 heavy (non-hydrogen) atoms. The molecular weight excluding hydrogens is 186 g/mol. The van der Waals surface area contributed by atoms with Crippen LogP contribution in [0, 0.1) is 6.92 Å². The molecule has 1 aromatic heterocycles. The highest BCUT2D eigenvalue weighted by atomic mass is 32.1. The van der Waals surface area contributed by atoms with E-state index < -0.39 is 0 Å². The third kappa shape index (κ3) is 2.86. The standard InChI is InChI=1S/C8H13N3OS/c1-6-4-11(8(13)9-6)10-7(2)5-12-3/h4H,5H2,1-3H3,(H,9,13)/b10-7+. The van der Waals surface area contributed by atoms with Gasteiger partial charge in [0.15, 0.2) is 5.16 Å². The first-order valence-electron chi connectivity index (χ1n) is 3.92. The summed E-state index contributed by atoms with van der Waals surface area (Å²) >= 11 is 4.17. The molecule has 0 aliphatic heterocycles. The van der Waals surface area contributed by atoms with Crippen molar-refractivity contribution in [3.05, 3.63) is 11.9 Å². The van der Waals surface area contributed by atoms with Crippen molar-refractivity contribution in [3.8, 4) is 0 Å². The molecule has 5 heteroatoms. The molecule has 0 saturated heterocycles. The lowest BCUT2D eigenvalue weighted by Crippen LogP contribution is -2.04. The van der Waals surface area contributed by atoms with Crippen molar-refractivity contribution in [3.63, 3.8) is 0 Å². The second-order valence-corrected chi connectivity index (χ2v) is 3.20. The van der Waals surface area contributed by atoms with Crippen molar-refractivity contribution >= 4 is 18.3 Å². The lowest BCUT2D eigenvalue weighted by atomic mass is 10.5. The van der Waals surface area contributed by atoms with Gasteiger partial charge < -0.3 is 4.74 Å². The quantitative estimate of drug-likeness (QED) is 0.589. The molecule has 0 fully saturated rings. The van der Waals surface area contributed by atoms with Crippen LogP contribution in [0.3, 0.4) is 0 Å². The van der Waals surface area contributed by atoms with Gasteiger partial charge in [-0.2, -0.15) is 5.10 Å². The maximum atomic E-state index is 4.93. The number of imidazole rings is 1. The second-order valence-electron chi connectivity index (χ2n) is 2.80. The van der Waals surface area contributed by atoms with Crippen LogP contribution in [0.25, 0.3) is 0 Å². The molecule has 72 valence electrons. The number of nitrogens with zero attached hydrogens (tertiary/aromatic N) is 3. The zero-order valence-corrected chi connectivity index (χ0v) is 8.88. The minimum Gasteiger partial charge on any atom is -0.379 e. The number of hydrogen-bond acceptors (Lipinski definition) is 4. The van der Waals surface area contributed by atoms with Gasteiger partial charge >= 0.3 is 0 Å². The monoisotopic (exact) mass is 199 g/mol. The van der Waals surface area contributed by atoms with Crippen molar-refractivity contribution in [1.82, 2.24) is 9.66 Å². The summed E-state index contributed by atoms with van der Waals surface area (Å²) in [6, 6.07) is 0. The van der Waals surface area contributed by atoms with Crippen LogP contribution in [0.15, 0.2) is 16.5 Å². The van der Waals surface area contributed by atoms with Crippen molar-refractivity contribution in [2.75, 3.05) is 13.7 Å². The Morgan fingerprint density at radius 1 is 1.77 bits per heavy atom. The van der Waals surface area contributed by atoms with E-state index in [9.17, 15) is 0 Å². The average Bonchev–Trinajstić information content (AvgIpc) is 2.30. The molecule has 0 N–H and O–H groups in total. The molecule has 0 aliphatic carbocycles. The predicted molar refractivity (Wildman–Crippen MR) is 54.6 cm³/mol. The highest BCUT2D eigenvalue weighted by Gasteiger charge is 1.99. The maximum absolute atomic E-state index is 4.93. The molecule has 0 atom stereocenters. The molecule has 1 aromatic rings. The molecule has 0 bridgehead atoms. The number of thiol groups is 1. The topological polar surface area (TPSA) is 39.4 Å². The number of aromatic nitrogens is 2. The molecule has 1 rings (SSSR count). The Morgan fingerprint density at radius 3 is 2.92 bits per heavy atom. The molecular formula is C8H13N3OS. The average molecular weight is 199 g/mol. The van der Waals surface area contributed by atoms with Crippen LogP contribution in [0.5, 0.6) is 0 Å². The Morgan fingerprint density at radius 2 is 2.46 bits per heavy atom. The van der Waals surface area contributed by atoms with E-state index in [2.05, 4.69) is 22.7 Å². The van der Waals surface area contributed by atoms with E-state index in [1.54, 1.807) is 11.8 Å². The largest absolute Gasteiger partial charge is 0.379 e. The number of methoxy groups -OCH3 is 1. The van der Waals surface area contributed by atoms with Crippen LogP contribution in [0.4, 0.5) is 0 Å². The van der Waals surface area contributed by atoms with Gasteiger partial charge in [0.2, 0.25) is 0 Å². The minimum absolute atomic E-state index is 0.518. The summed E-state index contributed by atoms with van der Waals surface area (Å²) in [6.07, 6.45) is 1.82. The molecule has 0 aromatic carbocycles. The summed E-state index contributed by atoms with van der Waals surface area (Å²) < 4.78 is 6.56. The Balaban J connectivity index is 2.83. The van der Waals surface area contributed by atoms with Crippen LogP contribution < -0.4 is 0 Å². The van der Waals surface area contributed by atoms with Gasteiger partial charge in [-0.25, -0.2) is 9.66 Å². The molecule has 0 aliphatic rings. The van der Waals surface area contributed by atoms with E-state index in [-0.39, 0.29) is 0 Å². The fraction of sp³-hybridized carbons (Fsp3) is 0.500. The number of hydrogen-bond donors (Lipinski definition) is 1. The van der Waals surface area contributed by atoms with Gasteiger partial charge in [0.1, 0.15) is 0 Å². The van der Waals surface area contributed by atoms with Gasteiger partial charge in [-0.15, -0.1) is 12.6 Å². The summed E-state index contributed by atoms with van der Waals surface area (Å²) in [4.78, 5) is 4.10. The number of ether oxygens (including phenoxy) is 1. The van der Waals surface area contributed by atoms with Gasteiger partial charge in [0.25, 0.3) is 0 Å². The Labute approximate surface area is 83.0 Å². The third-order valence-corrected chi connectivity index (χ3v) is 1.73. The van der Waals surface area contributed by atoms with Crippen molar-refractivity contribution in [2.45, 2.75) is 19.0 Å². The molecule has 0 unspecified atom stereocenters. The lowest BCUT2D eigenvalue weighted by molar-refractivity contribution is 0.244. The number of aryl methyl sites for hydroxylation is 1. The van der Waals surface area contributed by atoms with E-state index in [4.69, 9.17) is 4.74 Å². The maximum Gasteiger partial charge on any atom is 0.185 e. The van der Waals surface area contributed by atoms with E-state index in [1.165, 1.54) is 0 Å². The molecule has 0 amide bonds. The molecule has 4 nitrogen and oxygen atoms in total. The Bertz CT molecular complexity index is 319. The smallest absolute Gasteiger partial charge is 0.185 e. The van der Waals surface area contributed by atoms with Crippen LogP contribution in [0.1, 0.15) is 12.6 Å². The molecule has 0 saturated carbocycles. The highest BCUT2D eigenvalue weighted by Crippen LogP contribution is 2.06. The van der Waals surface area contributed by atoms with Gasteiger partial charge in [-0.3, -0.25) is 0 Å². The van der Waals surface area contributed by atoms with E-state index >= 15 is 0 Å².